The van der Waals surface area contributed by atoms with Gasteiger partial charge in [-0.3, -0.25) is 0 Å². The molecule has 0 aliphatic carbocycles. The molecule has 3 heteroatoms. The minimum atomic E-state index is 0.0137. The second kappa shape index (κ2) is 6.58. The quantitative estimate of drug-likeness (QED) is 0.844. The maximum absolute atomic E-state index is 9.06. The first-order valence-corrected chi connectivity index (χ1v) is 7.36. The van der Waals surface area contributed by atoms with Gasteiger partial charge in [0.25, 0.3) is 0 Å². The lowest BCUT2D eigenvalue weighted by Gasteiger charge is -2.21. The van der Waals surface area contributed by atoms with E-state index in [4.69, 9.17) is 5.26 Å². The van der Waals surface area contributed by atoms with Gasteiger partial charge in [0, 0.05) is 10.2 Å². The van der Waals surface area contributed by atoms with Crippen molar-refractivity contribution >= 4 is 21.6 Å². The van der Waals surface area contributed by atoms with E-state index in [9.17, 15) is 0 Å². The summed E-state index contributed by atoms with van der Waals surface area (Å²) in [5.74, 6) is 0. The fraction of sp³-hybridized carbons (Fsp3) is 0.235. The molecule has 0 spiro atoms. The van der Waals surface area contributed by atoms with Crippen molar-refractivity contribution in [3.05, 3.63) is 63.6 Å². The fourth-order valence-corrected chi connectivity index (χ4v) is 3.03. The summed E-state index contributed by atoms with van der Waals surface area (Å²) in [5, 5.41) is 12.6. The molecule has 0 aromatic heterocycles. The van der Waals surface area contributed by atoms with E-state index in [1.54, 1.807) is 0 Å². The lowest BCUT2D eigenvalue weighted by atomic mass is 10.0. The van der Waals surface area contributed by atoms with Crippen LogP contribution in [0.15, 0.2) is 46.9 Å². The van der Waals surface area contributed by atoms with E-state index < -0.39 is 0 Å². The minimum absolute atomic E-state index is 0.0137. The average Bonchev–Trinajstić information content (AvgIpc) is 2.42. The molecule has 0 aliphatic heterocycles. The molecule has 2 rings (SSSR count). The third-order valence-electron chi connectivity index (χ3n) is 3.31. The molecule has 1 atom stereocenters. The number of nitrogens with zero attached hydrogens (tertiary/aromatic N) is 1. The van der Waals surface area contributed by atoms with Crippen LogP contribution in [0, 0.1) is 25.2 Å². The topological polar surface area (TPSA) is 35.8 Å². The molecule has 2 aromatic rings. The third-order valence-corrected chi connectivity index (χ3v) is 3.77. The van der Waals surface area contributed by atoms with Crippen LogP contribution in [-0.4, -0.2) is 0 Å². The van der Waals surface area contributed by atoms with Crippen molar-refractivity contribution < 1.29 is 0 Å². The number of anilines is 1. The van der Waals surface area contributed by atoms with Crippen LogP contribution in [0.4, 0.5) is 5.69 Å². The zero-order valence-electron chi connectivity index (χ0n) is 11.7. The molecule has 2 aromatic carbocycles. The lowest BCUT2D eigenvalue weighted by molar-refractivity contribution is 0.803. The zero-order valence-corrected chi connectivity index (χ0v) is 13.2. The van der Waals surface area contributed by atoms with Crippen LogP contribution in [0.25, 0.3) is 0 Å². The molecule has 0 saturated heterocycles. The van der Waals surface area contributed by atoms with Crippen LogP contribution in [0.2, 0.25) is 0 Å². The highest BCUT2D eigenvalue weighted by Gasteiger charge is 2.13. The first kappa shape index (κ1) is 14.6. The van der Waals surface area contributed by atoms with Gasteiger partial charge in [-0.05, 0) is 42.7 Å². The Morgan fingerprint density at radius 1 is 1.15 bits per heavy atom. The number of hydrogen-bond donors (Lipinski definition) is 1. The predicted molar refractivity (Wildman–Crippen MR) is 86.7 cm³/mol. The number of hydrogen-bond acceptors (Lipinski definition) is 2. The molecular weight excluding hydrogens is 312 g/mol. The van der Waals surface area contributed by atoms with Crippen molar-refractivity contribution in [2.24, 2.45) is 0 Å². The second-order valence-electron chi connectivity index (χ2n) is 4.88. The van der Waals surface area contributed by atoms with Gasteiger partial charge in [0.2, 0.25) is 0 Å². The molecule has 0 heterocycles. The van der Waals surface area contributed by atoms with Gasteiger partial charge in [0.1, 0.15) is 0 Å². The van der Waals surface area contributed by atoms with Crippen molar-refractivity contribution in [3.8, 4) is 6.07 Å². The van der Waals surface area contributed by atoms with Gasteiger partial charge < -0.3 is 5.32 Å². The molecule has 1 unspecified atom stereocenters. The van der Waals surface area contributed by atoms with Gasteiger partial charge in [0.05, 0.1) is 18.5 Å². The Morgan fingerprint density at radius 2 is 1.75 bits per heavy atom. The largest absolute Gasteiger partial charge is 0.377 e. The van der Waals surface area contributed by atoms with E-state index in [-0.39, 0.29) is 6.04 Å². The summed E-state index contributed by atoms with van der Waals surface area (Å²) >= 11 is 3.51. The van der Waals surface area contributed by atoms with E-state index in [2.05, 4.69) is 65.4 Å². The molecule has 0 bridgehead atoms. The van der Waals surface area contributed by atoms with E-state index in [1.807, 2.05) is 18.2 Å². The smallest absolute Gasteiger partial charge is 0.0647 e. The van der Waals surface area contributed by atoms with Crippen LogP contribution in [0.5, 0.6) is 0 Å². The fourth-order valence-electron chi connectivity index (χ4n) is 2.34. The highest BCUT2D eigenvalue weighted by atomic mass is 79.9. The lowest BCUT2D eigenvalue weighted by Crippen LogP contribution is -2.12. The van der Waals surface area contributed by atoms with Crippen LogP contribution < -0.4 is 5.32 Å². The number of nitriles is 1. The zero-order chi connectivity index (χ0) is 14.5. The molecule has 0 radical (unpaired) electrons. The summed E-state index contributed by atoms with van der Waals surface area (Å²) in [4.78, 5) is 0. The number of halogens is 1. The molecular formula is C17H17BrN2. The highest BCUT2D eigenvalue weighted by Crippen LogP contribution is 2.29. The van der Waals surface area contributed by atoms with Crippen LogP contribution >= 0.6 is 15.9 Å². The average molecular weight is 329 g/mol. The number of aryl methyl sites for hydroxylation is 2. The van der Waals surface area contributed by atoms with E-state index in [0.717, 1.165) is 15.7 Å². The molecule has 1 N–H and O–H groups in total. The third kappa shape index (κ3) is 3.40. The number of nitrogens with one attached hydrogen (secondary N) is 1. The Hall–Kier alpha value is -1.79. The predicted octanol–water partition coefficient (Wildman–Crippen LogP) is 5.13. The Balaban J connectivity index is 2.33. The standard InChI is InChI=1S/C17H17BrN2/c1-12-10-15(18)11-13(2)17(12)20-16(8-9-19)14-6-4-3-5-7-14/h3-7,10-11,16,20H,8H2,1-2H3. The SMILES string of the molecule is Cc1cc(Br)cc(C)c1NC(CC#N)c1ccccc1. The molecule has 0 amide bonds. The van der Waals surface area contributed by atoms with Crippen molar-refractivity contribution in [1.82, 2.24) is 0 Å². The van der Waals surface area contributed by atoms with Gasteiger partial charge in [-0.15, -0.1) is 0 Å². The van der Waals surface area contributed by atoms with Gasteiger partial charge >= 0.3 is 0 Å². The summed E-state index contributed by atoms with van der Waals surface area (Å²) in [6, 6.07) is 16.6. The summed E-state index contributed by atoms with van der Waals surface area (Å²) in [6.45, 7) is 4.16. The van der Waals surface area contributed by atoms with Gasteiger partial charge in [-0.2, -0.15) is 5.26 Å². The highest BCUT2D eigenvalue weighted by molar-refractivity contribution is 9.10. The Kier molecular flexibility index (Phi) is 4.81. The van der Waals surface area contributed by atoms with Crippen molar-refractivity contribution in [2.75, 3.05) is 5.32 Å². The molecule has 0 aliphatic rings. The van der Waals surface area contributed by atoms with E-state index in [0.29, 0.717) is 6.42 Å². The van der Waals surface area contributed by atoms with Crippen molar-refractivity contribution in [2.45, 2.75) is 26.3 Å². The van der Waals surface area contributed by atoms with Gasteiger partial charge in [-0.25, -0.2) is 0 Å². The van der Waals surface area contributed by atoms with Gasteiger partial charge in [0.15, 0.2) is 0 Å². The maximum atomic E-state index is 9.06. The Morgan fingerprint density at radius 3 is 2.30 bits per heavy atom. The first-order valence-electron chi connectivity index (χ1n) is 6.57. The normalized spacial score (nSPS) is 11.7. The van der Waals surface area contributed by atoms with E-state index >= 15 is 0 Å². The van der Waals surface area contributed by atoms with E-state index in [1.165, 1.54) is 11.1 Å². The van der Waals surface area contributed by atoms with Crippen molar-refractivity contribution in [1.29, 1.82) is 5.26 Å². The van der Waals surface area contributed by atoms with Crippen LogP contribution in [-0.2, 0) is 0 Å². The molecule has 20 heavy (non-hydrogen) atoms. The summed E-state index contributed by atoms with van der Waals surface area (Å²) < 4.78 is 1.08. The second-order valence-corrected chi connectivity index (χ2v) is 5.80. The number of benzene rings is 2. The van der Waals surface area contributed by atoms with Crippen LogP contribution in [0.1, 0.15) is 29.2 Å². The van der Waals surface area contributed by atoms with Gasteiger partial charge in [-0.1, -0.05) is 46.3 Å². The number of rotatable bonds is 4. The van der Waals surface area contributed by atoms with Crippen LogP contribution in [0.3, 0.4) is 0 Å². The summed E-state index contributed by atoms with van der Waals surface area (Å²) in [5.41, 5.74) is 4.60. The maximum Gasteiger partial charge on any atom is 0.0647 e. The molecule has 102 valence electrons. The molecule has 0 saturated carbocycles. The molecule has 2 nitrogen and oxygen atoms in total. The van der Waals surface area contributed by atoms with Crippen molar-refractivity contribution in [3.63, 3.8) is 0 Å². The Bertz CT molecular complexity index is 606. The summed E-state index contributed by atoms with van der Waals surface area (Å²) in [6.07, 6.45) is 0.443. The first-order chi connectivity index (χ1) is 9.61. The minimum Gasteiger partial charge on any atom is -0.377 e. The molecule has 0 fully saturated rings. The summed E-state index contributed by atoms with van der Waals surface area (Å²) in [7, 11) is 0. The monoisotopic (exact) mass is 328 g/mol. The Labute approximate surface area is 128 Å².